The Morgan fingerprint density at radius 1 is 1.30 bits per heavy atom. The van der Waals surface area contributed by atoms with Gasteiger partial charge in [0.2, 0.25) is 0 Å². The summed E-state index contributed by atoms with van der Waals surface area (Å²) in [6, 6.07) is 8.44. The molecule has 20 heavy (non-hydrogen) atoms. The third kappa shape index (κ3) is 3.56. The van der Waals surface area contributed by atoms with Crippen LogP contribution in [0.2, 0.25) is 0 Å². The summed E-state index contributed by atoms with van der Waals surface area (Å²) in [7, 11) is 5.69. The maximum atomic E-state index is 5.59. The van der Waals surface area contributed by atoms with Gasteiger partial charge >= 0.3 is 0 Å². The number of nitrogens with zero attached hydrogens (tertiary/aromatic N) is 2. The molecule has 2 aromatic rings. The zero-order valence-electron chi connectivity index (χ0n) is 12.4. The topological polar surface area (TPSA) is 48.3 Å². The molecule has 0 amide bonds. The minimum absolute atomic E-state index is 0.252. The van der Waals surface area contributed by atoms with Crippen LogP contribution in [0.5, 0.6) is 0 Å². The van der Waals surface area contributed by atoms with E-state index in [2.05, 4.69) is 28.0 Å². The van der Waals surface area contributed by atoms with E-state index in [9.17, 15) is 0 Å². The largest absolute Gasteiger partial charge is 0.382 e. The number of hydrogen-bond acceptors (Lipinski definition) is 4. The number of nitrogens with one attached hydrogen (secondary N) is 1. The first-order chi connectivity index (χ1) is 9.76. The standard InChI is InChI=1S/C15H23N3O2/c1-16-12(11-20-9-8-19-3)10-15-17-13-6-4-5-7-14(13)18(15)2/h4-7,12,16H,8-11H2,1-3H3. The summed E-state index contributed by atoms with van der Waals surface area (Å²) in [5.74, 6) is 1.07. The molecule has 1 unspecified atom stereocenters. The molecule has 1 aromatic carbocycles. The van der Waals surface area contributed by atoms with Crippen molar-refractivity contribution < 1.29 is 9.47 Å². The summed E-state index contributed by atoms with van der Waals surface area (Å²) < 4.78 is 12.7. The highest BCUT2D eigenvalue weighted by Crippen LogP contribution is 2.15. The van der Waals surface area contributed by atoms with Crippen molar-refractivity contribution in [1.29, 1.82) is 0 Å². The number of hydrogen-bond donors (Lipinski definition) is 1. The second kappa shape index (κ2) is 7.38. The third-order valence-electron chi connectivity index (χ3n) is 3.47. The quantitative estimate of drug-likeness (QED) is 0.740. The summed E-state index contributed by atoms with van der Waals surface area (Å²) in [6.07, 6.45) is 0.842. The fraction of sp³-hybridized carbons (Fsp3) is 0.533. The Labute approximate surface area is 119 Å². The molecule has 5 nitrogen and oxygen atoms in total. The van der Waals surface area contributed by atoms with Crippen molar-refractivity contribution in [3.63, 3.8) is 0 Å². The van der Waals surface area contributed by atoms with Gasteiger partial charge in [-0.2, -0.15) is 0 Å². The van der Waals surface area contributed by atoms with E-state index >= 15 is 0 Å². The molecule has 1 N–H and O–H groups in total. The molecule has 110 valence electrons. The van der Waals surface area contributed by atoms with Crippen molar-refractivity contribution in [3.8, 4) is 0 Å². The number of fused-ring (bicyclic) bond motifs is 1. The van der Waals surface area contributed by atoms with E-state index in [1.54, 1.807) is 7.11 Å². The van der Waals surface area contributed by atoms with Crippen LogP contribution >= 0.6 is 0 Å². The number of para-hydroxylation sites is 2. The maximum Gasteiger partial charge on any atom is 0.111 e. The van der Waals surface area contributed by atoms with E-state index in [-0.39, 0.29) is 6.04 Å². The second-order valence-electron chi connectivity index (χ2n) is 4.83. The predicted molar refractivity (Wildman–Crippen MR) is 80.0 cm³/mol. The molecule has 0 aliphatic rings. The number of ether oxygens (including phenoxy) is 2. The maximum absolute atomic E-state index is 5.59. The Balaban J connectivity index is 2.00. The van der Waals surface area contributed by atoms with E-state index in [1.807, 2.05) is 25.2 Å². The lowest BCUT2D eigenvalue weighted by Crippen LogP contribution is -2.33. The number of imidazole rings is 1. The molecule has 0 saturated heterocycles. The number of benzene rings is 1. The van der Waals surface area contributed by atoms with Crippen molar-refractivity contribution in [2.24, 2.45) is 7.05 Å². The lowest BCUT2D eigenvalue weighted by atomic mass is 10.2. The first-order valence-electron chi connectivity index (χ1n) is 6.90. The molecule has 0 spiro atoms. The molecule has 1 heterocycles. The molecule has 1 aromatic heterocycles. The smallest absolute Gasteiger partial charge is 0.111 e. The average molecular weight is 277 g/mol. The molecule has 1 atom stereocenters. The van der Waals surface area contributed by atoms with Gasteiger partial charge in [-0.05, 0) is 19.2 Å². The fourth-order valence-electron chi connectivity index (χ4n) is 2.21. The first kappa shape index (κ1) is 15.0. The van der Waals surface area contributed by atoms with Gasteiger partial charge in [-0.1, -0.05) is 12.1 Å². The van der Waals surface area contributed by atoms with Gasteiger partial charge in [-0.15, -0.1) is 0 Å². The molecule has 0 fully saturated rings. The van der Waals surface area contributed by atoms with Gasteiger partial charge < -0.3 is 19.4 Å². The van der Waals surface area contributed by atoms with Crippen LogP contribution in [0.1, 0.15) is 5.82 Å². The normalized spacial score (nSPS) is 12.9. The van der Waals surface area contributed by atoms with Gasteiger partial charge in [-0.25, -0.2) is 4.98 Å². The average Bonchev–Trinajstić information content (AvgIpc) is 2.79. The number of rotatable bonds is 8. The van der Waals surface area contributed by atoms with E-state index in [0.29, 0.717) is 19.8 Å². The zero-order chi connectivity index (χ0) is 14.4. The SMILES string of the molecule is CNC(COCCOC)Cc1nc2ccccc2n1C. The van der Waals surface area contributed by atoms with Crippen molar-refractivity contribution in [2.45, 2.75) is 12.5 Å². The van der Waals surface area contributed by atoms with E-state index in [0.717, 1.165) is 23.3 Å². The molecule has 2 rings (SSSR count). The molecule has 0 bridgehead atoms. The Morgan fingerprint density at radius 3 is 2.80 bits per heavy atom. The van der Waals surface area contributed by atoms with Crippen LogP contribution in [0.3, 0.4) is 0 Å². The van der Waals surface area contributed by atoms with Crippen LogP contribution in [0, 0.1) is 0 Å². The van der Waals surface area contributed by atoms with Crippen molar-refractivity contribution in [2.75, 3.05) is 34.0 Å². The summed E-state index contributed by atoms with van der Waals surface area (Å²) in [6.45, 7) is 1.91. The van der Waals surface area contributed by atoms with Gasteiger partial charge in [0.1, 0.15) is 5.82 Å². The molecular formula is C15H23N3O2. The molecule has 0 radical (unpaired) electrons. The minimum Gasteiger partial charge on any atom is -0.382 e. The third-order valence-corrected chi connectivity index (χ3v) is 3.47. The van der Waals surface area contributed by atoms with Gasteiger partial charge in [-0.3, -0.25) is 0 Å². The molecule has 0 saturated carbocycles. The Kier molecular flexibility index (Phi) is 5.52. The highest BCUT2D eigenvalue weighted by atomic mass is 16.5. The van der Waals surface area contributed by atoms with Gasteiger partial charge in [0.05, 0.1) is 30.9 Å². The minimum atomic E-state index is 0.252. The van der Waals surface area contributed by atoms with Gasteiger partial charge in [0, 0.05) is 26.6 Å². The van der Waals surface area contributed by atoms with Crippen LogP contribution in [0.25, 0.3) is 11.0 Å². The summed E-state index contributed by atoms with van der Waals surface area (Å²) in [5, 5.41) is 3.28. The monoisotopic (exact) mass is 277 g/mol. The van der Waals surface area contributed by atoms with E-state index < -0.39 is 0 Å². The van der Waals surface area contributed by atoms with E-state index in [1.165, 1.54) is 0 Å². The van der Waals surface area contributed by atoms with Crippen LogP contribution in [-0.4, -0.2) is 49.6 Å². The Bertz CT molecular complexity index is 539. The van der Waals surface area contributed by atoms with Crippen molar-refractivity contribution in [1.82, 2.24) is 14.9 Å². The highest BCUT2D eigenvalue weighted by Gasteiger charge is 2.13. The van der Waals surface area contributed by atoms with Crippen molar-refractivity contribution in [3.05, 3.63) is 30.1 Å². The first-order valence-corrected chi connectivity index (χ1v) is 6.90. The number of likely N-dealkylation sites (N-methyl/N-ethyl adjacent to an activating group) is 1. The molecule has 0 aliphatic carbocycles. The lowest BCUT2D eigenvalue weighted by Gasteiger charge is -2.16. The lowest BCUT2D eigenvalue weighted by molar-refractivity contribution is 0.0594. The summed E-state index contributed by atoms with van der Waals surface area (Å²) in [4.78, 5) is 4.69. The molecular weight excluding hydrogens is 254 g/mol. The van der Waals surface area contributed by atoms with Gasteiger partial charge in [0.25, 0.3) is 0 Å². The van der Waals surface area contributed by atoms with Crippen LogP contribution in [-0.2, 0) is 22.9 Å². The van der Waals surface area contributed by atoms with Crippen molar-refractivity contribution >= 4 is 11.0 Å². The summed E-state index contributed by atoms with van der Waals surface area (Å²) >= 11 is 0. The Hall–Kier alpha value is -1.43. The molecule has 5 heteroatoms. The van der Waals surface area contributed by atoms with Crippen LogP contribution in [0.15, 0.2) is 24.3 Å². The predicted octanol–water partition coefficient (Wildman–Crippen LogP) is 1.37. The molecule has 0 aliphatic heterocycles. The van der Waals surface area contributed by atoms with Crippen LogP contribution in [0.4, 0.5) is 0 Å². The number of aromatic nitrogens is 2. The Morgan fingerprint density at radius 2 is 2.10 bits per heavy atom. The number of methoxy groups -OCH3 is 1. The number of aryl methyl sites for hydroxylation is 1. The second-order valence-corrected chi connectivity index (χ2v) is 4.83. The highest BCUT2D eigenvalue weighted by molar-refractivity contribution is 5.75. The fourth-order valence-corrected chi connectivity index (χ4v) is 2.21. The summed E-state index contributed by atoms with van der Waals surface area (Å²) in [5.41, 5.74) is 2.21. The van der Waals surface area contributed by atoms with E-state index in [4.69, 9.17) is 9.47 Å². The zero-order valence-corrected chi connectivity index (χ0v) is 12.4. The van der Waals surface area contributed by atoms with Crippen LogP contribution < -0.4 is 5.32 Å². The van der Waals surface area contributed by atoms with Gasteiger partial charge in [0.15, 0.2) is 0 Å².